The minimum atomic E-state index is 0. The van der Waals surface area contributed by atoms with E-state index >= 15 is 0 Å². The number of rotatable bonds is 1. The molecule has 0 amide bonds. The summed E-state index contributed by atoms with van der Waals surface area (Å²) in [7, 11) is 0. The predicted octanol–water partition coefficient (Wildman–Crippen LogP) is 1.21. The quantitative estimate of drug-likeness (QED) is 0.404. The molecule has 0 aromatic carbocycles. The van der Waals surface area contributed by atoms with E-state index in [4.69, 9.17) is 11.6 Å². The van der Waals surface area contributed by atoms with Gasteiger partial charge in [0.25, 0.3) is 0 Å². The van der Waals surface area contributed by atoms with Gasteiger partial charge in [0, 0.05) is 32.7 Å². The fourth-order valence-electron chi connectivity index (χ4n) is 0. The fraction of sp³-hybridized carbons (Fsp3) is 0.333. The molecule has 5 heavy (non-hydrogen) atoms. The molecule has 0 fully saturated rings. The maximum atomic E-state index is 5.01. The standard InChI is InChI=1S/C3H4Cl.Y/c1-2-3-4;/h1,3H2;/q-1;. The third-order valence-corrected chi connectivity index (χ3v) is 0.283. The van der Waals surface area contributed by atoms with Crippen molar-refractivity contribution in [2.75, 3.05) is 5.88 Å². The van der Waals surface area contributed by atoms with Crippen LogP contribution in [0.4, 0.5) is 0 Å². The molecule has 0 aromatic heterocycles. The molecule has 1 radical (unpaired) electrons. The molecule has 0 aliphatic carbocycles. The molecule has 0 aromatic rings. The third kappa shape index (κ3) is 11.1. The second-order valence-corrected chi connectivity index (χ2v) is 0.651. The van der Waals surface area contributed by atoms with Gasteiger partial charge in [-0.15, -0.1) is 5.88 Å². The van der Waals surface area contributed by atoms with Crippen LogP contribution >= 0.6 is 11.6 Å². The SMILES string of the molecule is C=[C-]CCl.[Y]. The molecule has 0 aliphatic rings. The van der Waals surface area contributed by atoms with Gasteiger partial charge in [-0.2, -0.15) is 11.6 Å². The van der Waals surface area contributed by atoms with Crippen LogP contribution in [0, 0.1) is 6.08 Å². The summed E-state index contributed by atoms with van der Waals surface area (Å²) in [5.74, 6) is 0.431. The van der Waals surface area contributed by atoms with E-state index in [1.54, 1.807) is 0 Å². The Morgan fingerprint density at radius 3 is 2.00 bits per heavy atom. The molecule has 0 aliphatic heterocycles. The van der Waals surface area contributed by atoms with E-state index in [9.17, 15) is 0 Å². The van der Waals surface area contributed by atoms with E-state index in [0.717, 1.165) is 0 Å². The Hall–Kier alpha value is 1.13. The van der Waals surface area contributed by atoms with Crippen LogP contribution in [0.5, 0.6) is 0 Å². The van der Waals surface area contributed by atoms with Crippen molar-refractivity contribution in [1.82, 2.24) is 0 Å². The zero-order valence-corrected chi connectivity index (χ0v) is 6.46. The van der Waals surface area contributed by atoms with Gasteiger partial charge in [0.1, 0.15) is 0 Å². The molecule has 0 spiro atoms. The largest absolute Gasteiger partial charge is 0.489 e. The average molecular weight is 164 g/mol. The summed E-state index contributed by atoms with van der Waals surface area (Å²) in [5, 5.41) is 0. The molecule has 0 saturated carbocycles. The molecule has 0 nitrogen and oxygen atoms in total. The number of allylic oxidation sites excluding steroid dienone is 1. The monoisotopic (exact) mass is 164 g/mol. The Morgan fingerprint density at radius 2 is 2.00 bits per heavy atom. The second-order valence-electron chi connectivity index (χ2n) is 0.384. The Labute approximate surface area is 62.5 Å². The first-order valence-corrected chi connectivity index (χ1v) is 1.51. The molecule has 0 bridgehead atoms. The van der Waals surface area contributed by atoms with Gasteiger partial charge in [-0.05, 0) is 0 Å². The zero-order valence-electron chi connectivity index (χ0n) is 2.87. The van der Waals surface area contributed by atoms with E-state index < -0.39 is 0 Å². The summed E-state index contributed by atoms with van der Waals surface area (Å²) >= 11 is 5.01. The van der Waals surface area contributed by atoms with Gasteiger partial charge in [-0.1, -0.05) is 0 Å². The smallest absolute Gasteiger partial charge is 0 e. The number of hydrogen-bond acceptors (Lipinski definition) is 0. The van der Waals surface area contributed by atoms with Crippen molar-refractivity contribution in [1.29, 1.82) is 0 Å². The molecule has 0 rings (SSSR count). The van der Waals surface area contributed by atoms with Crippen molar-refractivity contribution in [3.63, 3.8) is 0 Å². The summed E-state index contributed by atoms with van der Waals surface area (Å²) < 4.78 is 0. The second kappa shape index (κ2) is 8.93. The van der Waals surface area contributed by atoms with Gasteiger partial charge < -0.3 is 6.08 Å². The van der Waals surface area contributed by atoms with Gasteiger partial charge in [0.2, 0.25) is 0 Å². The van der Waals surface area contributed by atoms with Crippen LogP contribution in [-0.4, -0.2) is 5.88 Å². The first-order valence-electron chi connectivity index (χ1n) is 0.974. The Kier molecular flexibility index (Phi) is 16.9. The minimum Gasteiger partial charge on any atom is -0.489 e. The van der Waals surface area contributed by atoms with Gasteiger partial charge in [-0.3, -0.25) is 6.58 Å². The molecule has 27 valence electrons. The van der Waals surface area contributed by atoms with E-state index in [-0.39, 0.29) is 32.7 Å². The van der Waals surface area contributed by atoms with Crippen LogP contribution in [0.15, 0.2) is 6.58 Å². The third-order valence-electron chi connectivity index (χ3n) is 0.0945. The summed E-state index contributed by atoms with van der Waals surface area (Å²) in [6.07, 6.45) is 2.45. The van der Waals surface area contributed by atoms with E-state index in [0.29, 0.717) is 5.88 Å². The maximum absolute atomic E-state index is 5.01. The van der Waals surface area contributed by atoms with Crippen molar-refractivity contribution in [3.8, 4) is 0 Å². The topological polar surface area (TPSA) is 0 Å². The van der Waals surface area contributed by atoms with Crippen molar-refractivity contribution >= 4 is 11.6 Å². The summed E-state index contributed by atoms with van der Waals surface area (Å²) in [4.78, 5) is 0. The zero-order chi connectivity index (χ0) is 3.41. The van der Waals surface area contributed by atoms with Crippen LogP contribution in [0.25, 0.3) is 0 Å². The van der Waals surface area contributed by atoms with Crippen LogP contribution in [-0.2, 0) is 32.7 Å². The maximum Gasteiger partial charge on any atom is 0 e. The van der Waals surface area contributed by atoms with Crippen molar-refractivity contribution in [2.24, 2.45) is 0 Å². The van der Waals surface area contributed by atoms with Crippen molar-refractivity contribution in [2.45, 2.75) is 0 Å². The molecule has 0 heterocycles. The van der Waals surface area contributed by atoms with Crippen LogP contribution in [0.2, 0.25) is 0 Å². The van der Waals surface area contributed by atoms with Gasteiger partial charge in [-0.25, -0.2) is 0 Å². The summed E-state index contributed by atoms with van der Waals surface area (Å²) in [6.45, 7) is 3.22. The van der Waals surface area contributed by atoms with E-state index in [1.165, 1.54) is 0 Å². The average Bonchev–Trinajstić information content (AvgIpc) is 1.37. The summed E-state index contributed by atoms with van der Waals surface area (Å²) in [6, 6.07) is 0. The van der Waals surface area contributed by atoms with Gasteiger partial charge >= 0.3 is 0 Å². The van der Waals surface area contributed by atoms with Crippen LogP contribution < -0.4 is 0 Å². The number of alkyl halides is 1. The molecular formula is C3H4ClY-. The molecule has 0 atom stereocenters. The van der Waals surface area contributed by atoms with E-state index in [2.05, 4.69) is 12.7 Å². The molecule has 2 heteroatoms. The van der Waals surface area contributed by atoms with Crippen molar-refractivity contribution in [3.05, 3.63) is 12.7 Å². The number of halogens is 1. The van der Waals surface area contributed by atoms with Gasteiger partial charge in [0.15, 0.2) is 0 Å². The number of hydrogen-bond donors (Lipinski definition) is 0. The minimum absolute atomic E-state index is 0. The molecule has 0 saturated heterocycles. The fourth-order valence-corrected chi connectivity index (χ4v) is 0. The Bertz CT molecular complexity index is 20.9. The Balaban J connectivity index is 0. The first-order chi connectivity index (χ1) is 1.91. The molecule has 0 unspecified atom stereocenters. The Morgan fingerprint density at radius 1 is 1.80 bits per heavy atom. The van der Waals surface area contributed by atoms with E-state index in [1.807, 2.05) is 0 Å². The van der Waals surface area contributed by atoms with Crippen LogP contribution in [0.3, 0.4) is 0 Å². The first kappa shape index (κ1) is 9.46. The predicted molar refractivity (Wildman–Crippen MR) is 19.6 cm³/mol. The molecular weight excluding hydrogens is 160 g/mol. The normalized spacial score (nSPS) is 5.00. The summed E-state index contributed by atoms with van der Waals surface area (Å²) in [5.41, 5.74) is 0. The van der Waals surface area contributed by atoms with Gasteiger partial charge in [0.05, 0.1) is 0 Å². The van der Waals surface area contributed by atoms with Crippen molar-refractivity contribution < 1.29 is 32.7 Å². The molecule has 0 N–H and O–H groups in total. The van der Waals surface area contributed by atoms with Crippen LogP contribution in [0.1, 0.15) is 0 Å².